The fourth-order valence-corrected chi connectivity index (χ4v) is 1.88. The van der Waals surface area contributed by atoms with Crippen LogP contribution in [0.4, 0.5) is 0 Å². The number of phenolic OH excluding ortho intramolecular Hbond substituents is 1. The second-order valence-electron chi connectivity index (χ2n) is 4.82. The van der Waals surface area contributed by atoms with Crippen molar-refractivity contribution in [2.45, 2.75) is 32.4 Å². The molecule has 0 spiro atoms. The maximum absolute atomic E-state index is 9.22. The highest BCUT2D eigenvalue weighted by Crippen LogP contribution is 2.11. The molecule has 0 amide bonds. The minimum absolute atomic E-state index is 0.316. The van der Waals surface area contributed by atoms with Crippen molar-refractivity contribution in [2.75, 3.05) is 0 Å². The molecule has 0 saturated carbocycles. The number of hydrogen-bond donors (Lipinski definition) is 2. The fourth-order valence-electron chi connectivity index (χ4n) is 1.88. The molecule has 102 valence electrons. The minimum Gasteiger partial charge on any atom is -0.508 e. The van der Waals surface area contributed by atoms with E-state index in [0.717, 1.165) is 18.7 Å². The van der Waals surface area contributed by atoms with Crippen molar-refractivity contribution < 1.29 is 5.11 Å². The average molecular weight is 260 g/mol. The molecular formula is C14H20N4O. The SMILES string of the molecule is CC(CCc1ccc(O)cc1)NCc1ncn(C)n1. The highest BCUT2D eigenvalue weighted by Gasteiger charge is 2.04. The van der Waals surface area contributed by atoms with Crippen LogP contribution in [0.2, 0.25) is 0 Å². The molecule has 0 fully saturated rings. The maximum atomic E-state index is 9.22. The first-order valence-electron chi connectivity index (χ1n) is 6.49. The number of hydrogen-bond acceptors (Lipinski definition) is 4. The zero-order valence-electron chi connectivity index (χ0n) is 11.4. The zero-order chi connectivity index (χ0) is 13.7. The summed E-state index contributed by atoms with van der Waals surface area (Å²) in [5.74, 6) is 1.13. The van der Waals surface area contributed by atoms with Gasteiger partial charge in [-0.15, -0.1) is 0 Å². The molecule has 1 atom stereocenters. The Balaban J connectivity index is 1.72. The van der Waals surface area contributed by atoms with E-state index < -0.39 is 0 Å². The lowest BCUT2D eigenvalue weighted by Crippen LogP contribution is -2.26. The van der Waals surface area contributed by atoms with Gasteiger partial charge in [0.1, 0.15) is 12.1 Å². The van der Waals surface area contributed by atoms with Gasteiger partial charge >= 0.3 is 0 Å². The second kappa shape index (κ2) is 6.33. The van der Waals surface area contributed by atoms with E-state index in [9.17, 15) is 5.11 Å². The number of nitrogens with one attached hydrogen (secondary N) is 1. The first-order chi connectivity index (χ1) is 9.13. The lowest BCUT2D eigenvalue weighted by atomic mass is 10.1. The summed E-state index contributed by atoms with van der Waals surface area (Å²) < 4.78 is 1.71. The molecule has 0 aliphatic heterocycles. The van der Waals surface area contributed by atoms with Gasteiger partial charge < -0.3 is 10.4 Å². The summed E-state index contributed by atoms with van der Waals surface area (Å²) in [5.41, 5.74) is 1.24. The van der Waals surface area contributed by atoms with Crippen molar-refractivity contribution in [3.8, 4) is 5.75 Å². The molecule has 1 unspecified atom stereocenters. The van der Waals surface area contributed by atoms with Crippen molar-refractivity contribution in [3.05, 3.63) is 42.0 Å². The summed E-state index contributed by atoms with van der Waals surface area (Å²) in [6.07, 6.45) is 3.74. The van der Waals surface area contributed by atoms with Crippen LogP contribution in [0.5, 0.6) is 5.75 Å². The Morgan fingerprint density at radius 2 is 2.05 bits per heavy atom. The second-order valence-corrected chi connectivity index (χ2v) is 4.82. The highest BCUT2D eigenvalue weighted by atomic mass is 16.3. The third-order valence-corrected chi connectivity index (χ3v) is 3.06. The van der Waals surface area contributed by atoms with E-state index in [0.29, 0.717) is 18.3 Å². The Bertz CT molecular complexity index is 506. The molecule has 0 bridgehead atoms. The summed E-state index contributed by atoms with van der Waals surface area (Å²) >= 11 is 0. The maximum Gasteiger partial charge on any atom is 0.164 e. The number of nitrogens with zero attached hydrogens (tertiary/aromatic N) is 3. The number of aromatic nitrogens is 3. The third kappa shape index (κ3) is 4.37. The van der Waals surface area contributed by atoms with Crippen LogP contribution in [0.25, 0.3) is 0 Å². The van der Waals surface area contributed by atoms with Crippen LogP contribution in [-0.4, -0.2) is 25.9 Å². The van der Waals surface area contributed by atoms with E-state index in [1.807, 2.05) is 19.2 Å². The van der Waals surface area contributed by atoms with Crippen LogP contribution >= 0.6 is 0 Å². The van der Waals surface area contributed by atoms with Gasteiger partial charge in [-0.2, -0.15) is 5.10 Å². The molecule has 0 saturated heterocycles. The standard InChI is InChI=1S/C14H20N4O/c1-11(15-9-14-16-10-18(2)17-14)3-4-12-5-7-13(19)8-6-12/h5-8,10-11,15,19H,3-4,9H2,1-2H3. The van der Waals surface area contributed by atoms with Crippen LogP contribution in [0, 0.1) is 0 Å². The van der Waals surface area contributed by atoms with Crippen molar-refractivity contribution >= 4 is 0 Å². The number of aromatic hydroxyl groups is 1. The third-order valence-electron chi connectivity index (χ3n) is 3.06. The Labute approximate surface area is 113 Å². The monoisotopic (exact) mass is 260 g/mol. The van der Waals surface area contributed by atoms with Crippen LogP contribution in [0.3, 0.4) is 0 Å². The van der Waals surface area contributed by atoms with Gasteiger partial charge in [0.15, 0.2) is 5.82 Å². The molecule has 19 heavy (non-hydrogen) atoms. The van der Waals surface area contributed by atoms with Crippen LogP contribution < -0.4 is 5.32 Å². The molecule has 2 rings (SSSR count). The predicted octanol–water partition coefficient (Wildman–Crippen LogP) is 1.63. The summed E-state index contributed by atoms with van der Waals surface area (Å²) in [7, 11) is 1.87. The minimum atomic E-state index is 0.316. The Morgan fingerprint density at radius 1 is 1.32 bits per heavy atom. The zero-order valence-corrected chi connectivity index (χ0v) is 11.4. The normalized spacial score (nSPS) is 12.5. The fraction of sp³-hybridized carbons (Fsp3) is 0.429. The Hall–Kier alpha value is -1.88. The van der Waals surface area contributed by atoms with Crippen molar-refractivity contribution in [1.82, 2.24) is 20.1 Å². The molecule has 1 heterocycles. The molecule has 0 aliphatic rings. The van der Waals surface area contributed by atoms with Gasteiger partial charge in [-0.3, -0.25) is 4.68 Å². The summed E-state index contributed by atoms with van der Waals surface area (Å²) in [6, 6.07) is 7.78. The molecule has 2 aromatic rings. The highest BCUT2D eigenvalue weighted by molar-refractivity contribution is 5.25. The summed E-state index contributed by atoms with van der Waals surface area (Å²) in [4.78, 5) is 4.18. The van der Waals surface area contributed by atoms with Crippen LogP contribution in [0.15, 0.2) is 30.6 Å². The van der Waals surface area contributed by atoms with E-state index in [-0.39, 0.29) is 0 Å². The number of aryl methyl sites for hydroxylation is 2. The molecule has 2 N–H and O–H groups in total. The Morgan fingerprint density at radius 3 is 2.68 bits per heavy atom. The van der Waals surface area contributed by atoms with Gasteiger partial charge in [-0.05, 0) is 37.5 Å². The lowest BCUT2D eigenvalue weighted by Gasteiger charge is -2.12. The van der Waals surface area contributed by atoms with Crippen molar-refractivity contribution in [1.29, 1.82) is 0 Å². The van der Waals surface area contributed by atoms with Gasteiger partial charge in [0, 0.05) is 13.1 Å². The number of benzene rings is 1. The first kappa shape index (κ1) is 13.5. The number of phenols is 1. The topological polar surface area (TPSA) is 63.0 Å². The summed E-state index contributed by atoms with van der Waals surface area (Å²) in [6.45, 7) is 2.85. The summed E-state index contributed by atoms with van der Waals surface area (Å²) in [5, 5.41) is 16.9. The molecule has 0 aliphatic carbocycles. The number of rotatable bonds is 6. The molecule has 5 heteroatoms. The van der Waals surface area contributed by atoms with Crippen LogP contribution in [0.1, 0.15) is 24.7 Å². The quantitative estimate of drug-likeness (QED) is 0.828. The molecule has 1 aromatic heterocycles. The van der Waals surface area contributed by atoms with E-state index >= 15 is 0 Å². The molecule has 0 radical (unpaired) electrons. The van der Waals surface area contributed by atoms with E-state index in [4.69, 9.17) is 0 Å². The largest absolute Gasteiger partial charge is 0.508 e. The van der Waals surface area contributed by atoms with Gasteiger partial charge in [0.25, 0.3) is 0 Å². The lowest BCUT2D eigenvalue weighted by molar-refractivity contribution is 0.474. The van der Waals surface area contributed by atoms with Crippen LogP contribution in [-0.2, 0) is 20.0 Å². The van der Waals surface area contributed by atoms with Gasteiger partial charge in [-0.25, -0.2) is 4.98 Å². The first-order valence-corrected chi connectivity index (χ1v) is 6.49. The van der Waals surface area contributed by atoms with E-state index in [1.165, 1.54) is 5.56 Å². The van der Waals surface area contributed by atoms with Gasteiger partial charge in [0.05, 0.1) is 6.54 Å². The van der Waals surface area contributed by atoms with Gasteiger partial charge in [-0.1, -0.05) is 12.1 Å². The Kier molecular flexibility index (Phi) is 4.52. The van der Waals surface area contributed by atoms with Gasteiger partial charge in [0.2, 0.25) is 0 Å². The molecular weight excluding hydrogens is 240 g/mol. The smallest absolute Gasteiger partial charge is 0.164 e. The van der Waals surface area contributed by atoms with E-state index in [2.05, 4.69) is 22.3 Å². The van der Waals surface area contributed by atoms with Crippen molar-refractivity contribution in [2.24, 2.45) is 7.05 Å². The van der Waals surface area contributed by atoms with E-state index in [1.54, 1.807) is 23.1 Å². The van der Waals surface area contributed by atoms with Crippen molar-refractivity contribution in [3.63, 3.8) is 0 Å². The average Bonchev–Trinajstić information content (AvgIpc) is 2.81. The molecule has 5 nitrogen and oxygen atoms in total. The molecule has 1 aromatic carbocycles. The predicted molar refractivity (Wildman–Crippen MR) is 73.7 cm³/mol.